The van der Waals surface area contributed by atoms with Gasteiger partial charge >= 0.3 is 0 Å². The van der Waals surface area contributed by atoms with Gasteiger partial charge in [-0.3, -0.25) is 18.0 Å². The van der Waals surface area contributed by atoms with Gasteiger partial charge in [-0.2, -0.15) is 0 Å². The minimum atomic E-state index is -1.52. The quantitative estimate of drug-likeness (QED) is 0.670. The summed E-state index contributed by atoms with van der Waals surface area (Å²) in [5, 5.41) is 2.15. The van der Waals surface area contributed by atoms with E-state index in [0.717, 1.165) is 0 Å². The molecule has 4 nitrogen and oxygen atoms in total. The summed E-state index contributed by atoms with van der Waals surface area (Å²) in [7, 11) is 0. The molecule has 17 heavy (non-hydrogen) atoms. The van der Waals surface area contributed by atoms with Crippen LogP contribution in [0.5, 0.6) is 0 Å². The van der Waals surface area contributed by atoms with Crippen molar-refractivity contribution in [3.05, 3.63) is 32.9 Å². The zero-order valence-electron chi connectivity index (χ0n) is 9.12. The fourth-order valence-electron chi connectivity index (χ4n) is 1.32. The van der Waals surface area contributed by atoms with Crippen molar-refractivity contribution in [2.75, 3.05) is 0 Å². The second-order valence-electron chi connectivity index (χ2n) is 3.25. The smallest absolute Gasteiger partial charge is 0.259 e. The van der Waals surface area contributed by atoms with E-state index < -0.39 is 33.0 Å². The molecule has 0 atom stereocenters. The fourth-order valence-corrected chi connectivity index (χ4v) is 2.64. The molecule has 0 aliphatic carbocycles. The Morgan fingerprint density at radius 3 is 2.71 bits per heavy atom. The molecule has 0 radical (unpaired) electrons. The lowest BCUT2D eigenvalue weighted by molar-refractivity contribution is -0.118. The predicted molar refractivity (Wildman–Crippen MR) is 70.5 cm³/mol. The van der Waals surface area contributed by atoms with E-state index in [-0.39, 0.29) is 5.56 Å². The topological polar surface area (TPSA) is 63.2 Å². The Balaban J connectivity index is 3.20. The third kappa shape index (κ3) is 3.46. The lowest BCUT2D eigenvalue weighted by Gasteiger charge is -2.06. The Bertz CT molecular complexity index is 517. The normalized spacial score (nSPS) is 9.41. The highest BCUT2D eigenvalue weighted by Gasteiger charge is 2.15. The van der Waals surface area contributed by atoms with Gasteiger partial charge < -0.3 is 0 Å². The lowest BCUT2D eigenvalue weighted by Crippen LogP contribution is -2.28. The van der Waals surface area contributed by atoms with E-state index in [0.29, 0.717) is 15.6 Å². The molecule has 0 bridgehead atoms. The van der Waals surface area contributed by atoms with Crippen molar-refractivity contribution in [2.24, 2.45) is 0 Å². The third-order valence-electron chi connectivity index (χ3n) is 1.98. The Morgan fingerprint density at radius 1 is 1.47 bits per heavy atom. The first kappa shape index (κ1) is 13.5. The predicted octanol–water partition coefficient (Wildman–Crippen LogP) is 1.62. The molecule has 0 aromatic heterocycles. The number of benzene rings is 1. The van der Waals surface area contributed by atoms with Crippen LogP contribution in [0.4, 0.5) is 0 Å². The number of carbonyl (C=O) groups is 2. The van der Waals surface area contributed by atoms with Gasteiger partial charge in [0, 0.05) is 13.3 Å². The number of rotatable bonds is 3. The van der Waals surface area contributed by atoms with Crippen LogP contribution in [0, 0.1) is 15.9 Å². The van der Waals surface area contributed by atoms with Gasteiger partial charge in [-0.1, -0.05) is 12.1 Å². The van der Waals surface area contributed by atoms with Crippen molar-refractivity contribution in [1.82, 2.24) is 5.32 Å². The van der Waals surface area contributed by atoms with E-state index in [1.807, 2.05) is 0 Å². The van der Waals surface area contributed by atoms with Crippen LogP contribution in [0.15, 0.2) is 18.2 Å². The molecule has 1 aromatic carbocycles. The molecule has 5 heteroatoms. The van der Waals surface area contributed by atoms with Gasteiger partial charge in [-0.25, -0.2) is 0 Å². The summed E-state index contributed by atoms with van der Waals surface area (Å²) in [6.45, 7) is 1.25. The zero-order chi connectivity index (χ0) is 12.8. The molecule has 1 N–H and O–H groups in total. The van der Waals surface area contributed by atoms with E-state index in [2.05, 4.69) is 11.2 Å². The summed E-state index contributed by atoms with van der Waals surface area (Å²) < 4.78 is 11.7. The largest absolute Gasteiger partial charge is 0.293 e. The molecule has 1 rings (SSSR count). The van der Waals surface area contributed by atoms with Crippen molar-refractivity contribution in [3.8, 4) is 12.3 Å². The minimum Gasteiger partial charge on any atom is -0.293 e. The van der Waals surface area contributed by atoms with Crippen molar-refractivity contribution >= 4 is 33.0 Å². The summed E-state index contributed by atoms with van der Waals surface area (Å²) in [5.74, 6) is 1.45. The maximum Gasteiger partial charge on any atom is 0.259 e. The van der Waals surface area contributed by atoms with Crippen LogP contribution in [0.3, 0.4) is 0 Å². The Morgan fingerprint density at radius 2 is 2.18 bits per heavy atom. The van der Waals surface area contributed by atoms with Crippen LogP contribution in [0.25, 0.3) is 0 Å². The third-order valence-corrected chi connectivity index (χ3v) is 3.70. The molecule has 88 valence electrons. The van der Waals surface area contributed by atoms with Gasteiger partial charge in [0.25, 0.3) is 5.91 Å². The van der Waals surface area contributed by atoms with E-state index in [1.165, 1.54) is 13.0 Å². The molecule has 0 aliphatic heterocycles. The summed E-state index contributed by atoms with van der Waals surface area (Å²) in [6, 6.07) is 4.92. The lowest BCUT2D eigenvalue weighted by atomic mass is 10.1. The first-order valence-electron chi connectivity index (χ1n) is 4.74. The molecule has 0 aliphatic rings. The van der Waals surface area contributed by atoms with Crippen LogP contribution in [0.1, 0.15) is 22.8 Å². The maximum absolute atomic E-state index is 11.7. The number of imide groups is 1. The Hall–Kier alpha value is -1.55. The number of amides is 2. The van der Waals surface area contributed by atoms with Crippen molar-refractivity contribution in [2.45, 2.75) is 13.3 Å². The molecule has 0 saturated heterocycles. The second kappa shape index (κ2) is 6.25. The van der Waals surface area contributed by atoms with Gasteiger partial charge in [0.05, 0.1) is 9.13 Å². The maximum atomic E-state index is 11.7. The highest BCUT2D eigenvalue weighted by atomic mass is 127. The fraction of sp³-hybridized carbons (Fsp3) is 0.167. The van der Waals surface area contributed by atoms with Crippen molar-refractivity contribution in [1.29, 1.82) is 0 Å². The summed E-state index contributed by atoms with van der Waals surface area (Å²) in [6.07, 6.45) is 5.51. The average molecular weight is 343 g/mol. The van der Waals surface area contributed by atoms with Gasteiger partial charge in [0.2, 0.25) is 5.91 Å². The number of hydrogen-bond acceptors (Lipinski definition) is 3. The Labute approximate surface area is 109 Å². The SMILES string of the molecule is C#CCc1cccc(C(=O)NC(C)=O)c1I=O. The Kier molecular flexibility index (Phi) is 4.97. The molecule has 0 spiro atoms. The van der Waals surface area contributed by atoms with E-state index >= 15 is 0 Å². The number of terminal acetylenes is 1. The molecule has 0 fully saturated rings. The summed E-state index contributed by atoms with van der Waals surface area (Å²) in [5.41, 5.74) is 0.960. The van der Waals surface area contributed by atoms with E-state index in [1.54, 1.807) is 12.1 Å². The molecule has 0 heterocycles. The molecule has 1 aromatic rings. The summed E-state index contributed by atoms with van der Waals surface area (Å²) in [4.78, 5) is 22.5. The van der Waals surface area contributed by atoms with Crippen molar-refractivity contribution in [3.63, 3.8) is 0 Å². The van der Waals surface area contributed by atoms with E-state index in [4.69, 9.17) is 6.42 Å². The zero-order valence-corrected chi connectivity index (χ0v) is 11.3. The highest BCUT2D eigenvalue weighted by molar-refractivity contribution is 14.1. The minimum absolute atomic E-state index is 0.260. The van der Waals surface area contributed by atoms with Gasteiger partial charge in [0.1, 0.15) is 0 Å². The molecule has 0 saturated carbocycles. The number of carbonyl (C=O) groups excluding carboxylic acids is 2. The standard InChI is InChI=1S/C12H10INO3/c1-3-5-9-6-4-7-10(11(9)13-17)12(16)14-8(2)15/h1,4,6-7H,5H2,2H3,(H,14,15,16). The summed E-state index contributed by atoms with van der Waals surface area (Å²) >= 11 is -1.52. The van der Waals surface area contributed by atoms with Crippen LogP contribution >= 0.6 is 21.2 Å². The highest BCUT2D eigenvalue weighted by Crippen LogP contribution is 2.21. The first-order valence-corrected chi connectivity index (χ1v) is 6.70. The number of nitrogens with one attached hydrogen (secondary N) is 1. The molecular formula is C12H10INO3. The number of hydrogen-bond donors (Lipinski definition) is 1. The van der Waals surface area contributed by atoms with Crippen LogP contribution in [-0.4, -0.2) is 11.8 Å². The van der Waals surface area contributed by atoms with Crippen LogP contribution in [-0.2, 0) is 14.3 Å². The van der Waals surface area contributed by atoms with Gasteiger partial charge in [-0.05, 0) is 11.6 Å². The number of halogens is 1. The van der Waals surface area contributed by atoms with Gasteiger partial charge in [-0.15, -0.1) is 12.3 Å². The van der Waals surface area contributed by atoms with Crippen molar-refractivity contribution < 1.29 is 12.7 Å². The van der Waals surface area contributed by atoms with Crippen LogP contribution < -0.4 is 5.32 Å². The van der Waals surface area contributed by atoms with E-state index in [9.17, 15) is 12.7 Å². The van der Waals surface area contributed by atoms with Gasteiger partial charge in [0.15, 0.2) is 21.2 Å². The second-order valence-corrected chi connectivity index (χ2v) is 4.77. The van der Waals surface area contributed by atoms with Crippen LogP contribution in [0.2, 0.25) is 0 Å². The molecule has 0 unspecified atom stereocenters. The average Bonchev–Trinajstić information content (AvgIpc) is 2.28. The molecular weight excluding hydrogens is 333 g/mol. The molecule has 2 amide bonds. The first-order chi connectivity index (χ1) is 8.10. The monoisotopic (exact) mass is 343 g/mol.